The van der Waals surface area contributed by atoms with E-state index in [2.05, 4.69) is 48.7 Å². The van der Waals surface area contributed by atoms with Crippen LogP contribution in [0.2, 0.25) is 5.02 Å². The second-order valence-corrected chi connectivity index (χ2v) is 11.3. The number of anilines is 1. The van der Waals surface area contributed by atoms with Gasteiger partial charge in [-0.1, -0.05) is 43.2 Å². The highest BCUT2D eigenvalue weighted by Gasteiger charge is 2.37. The second kappa shape index (κ2) is 12.4. The third-order valence-corrected chi connectivity index (χ3v) is 8.28. The van der Waals surface area contributed by atoms with Gasteiger partial charge in [-0.3, -0.25) is 4.79 Å². The maximum atomic E-state index is 12.2. The van der Waals surface area contributed by atoms with E-state index in [1.165, 1.54) is 11.1 Å². The number of carbonyl (C=O) groups is 1. The highest BCUT2D eigenvalue weighted by atomic mass is 35.5. The summed E-state index contributed by atoms with van der Waals surface area (Å²) < 4.78 is 6.44. The predicted molar refractivity (Wildman–Crippen MR) is 152 cm³/mol. The van der Waals surface area contributed by atoms with Gasteiger partial charge in [-0.15, -0.1) is 6.58 Å². The molecule has 37 heavy (non-hydrogen) atoms. The van der Waals surface area contributed by atoms with Crippen molar-refractivity contribution in [3.63, 3.8) is 0 Å². The predicted octanol–water partition coefficient (Wildman–Crippen LogP) is 5.87. The molecule has 0 saturated heterocycles. The van der Waals surface area contributed by atoms with Crippen LogP contribution in [0.15, 0.2) is 49.1 Å². The van der Waals surface area contributed by atoms with Crippen LogP contribution in [-0.2, 0) is 17.6 Å². The lowest BCUT2D eigenvalue weighted by molar-refractivity contribution is -0.128. The number of ether oxygens (including phenoxy) is 1. The van der Waals surface area contributed by atoms with Crippen LogP contribution in [0.5, 0.6) is 5.75 Å². The van der Waals surface area contributed by atoms with Crippen LogP contribution in [-0.4, -0.2) is 55.8 Å². The highest BCUT2D eigenvalue weighted by Crippen LogP contribution is 2.42. The van der Waals surface area contributed by atoms with Crippen molar-refractivity contribution < 1.29 is 14.6 Å². The summed E-state index contributed by atoms with van der Waals surface area (Å²) in [6, 6.07) is 12.6. The Kier molecular flexibility index (Phi) is 9.20. The zero-order valence-electron chi connectivity index (χ0n) is 22.5. The van der Waals surface area contributed by atoms with Gasteiger partial charge in [0.2, 0.25) is 5.91 Å². The quantitative estimate of drug-likeness (QED) is 0.395. The van der Waals surface area contributed by atoms with Gasteiger partial charge in [0.25, 0.3) is 0 Å². The van der Waals surface area contributed by atoms with E-state index in [1.807, 2.05) is 6.07 Å². The fourth-order valence-electron chi connectivity index (χ4n) is 5.72. The van der Waals surface area contributed by atoms with E-state index in [0.29, 0.717) is 25.4 Å². The Morgan fingerprint density at radius 2 is 2.05 bits per heavy atom. The molecular weight excluding hydrogens is 484 g/mol. The van der Waals surface area contributed by atoms with Crippen LogP contribution in [0.3, 0.4) is 0 Å². The maximum Gasteiger partial charge on any atom is 0.222 e. The molecule has 4 rings (SSSR count). The molecule has 0 bridgehead atoms. The minimum atomic E-state index is -0.465. The van der Waals surface area contributed by atoms with Crippen molar-refractivity contribution in [2.24, 2.45) is 11.8 Å². The molecular formula is C31H41ClN2O3. The summed E-state index contributed by atoms with van der Waals surface area (Å²) >= 11 is 6.37. The molecule has 5 nitrogen and oxygen atoms in total. The summed E-state index contributed by atoms with van der Waals surface area (Å²) in [5.41, 5.74) is 4.82. The smallest absolute Gasteiger partial charge is 0.222 e. The number of nitrogens with zero attached hydrogens (tertiary/aromatic N) is 2. The summed E-state index contributed by atoms with van der Waals surface area (Å²) in [6.07, 6.45) is 6.56. The number of aliphatic hydroxyl groups is 1. The molecule has 0 radical (unpaired) electrons. The zero-order valence-corrected chi connectivity index (χ0v) is 23.2. The molecule has 2 aromatic rings. The molecule has 1 heterocycles. The van der Waals surface area contributed by atoms with E-state index < -0.39 is 6.10 Å². The first kappa shape index (κ1) is 27.5. The molecule has 2 aromatic carbocycles. The fraction of sp³-hybridized carbons (Fsp3) is 0.516. The molecule has 0 spiro atoms. The van der Waals surface area contributed by atoms with E-state index in [4.69, 9.17) is 16.3 Å². The highest BCUT2D eigenvalue weighted by molar-refractivity contribution is 6.30. The topological polar surface area (TPSA) is 53.0 Å². The van der Waals surface area contributed by atoms with Crippen LogP contribution in [0.1, 0.15) is 55.2 Å². The van der Waals surface area contributed by atoms with Gasteiger partial charge in [-0.25, -0.2) is 0 Å². The molecule has 1 fully saturated rings. The van der Waals surface area contributed by atoms with E-state index >= 15 is 0 Å². The number of carbonyl (C=O) groups excluding carboxylic acids is 1. The minimum absolute atomic E-state index is 0.130. The van der Waals surface area contributed by atoms with Crippen LogP contribution >= 0.6 is 11.6 Å². The van der Waals surface area contributed by atoms with Crippen molar-refractivity contribution in [1.29, 1.82) is 0 Å². The largest absolute Gasteiger partial charge is 0.491 e. The Bertz CT molecular complexity index is 1100. The van der Waals surface area contributed by atoms with Gasteiger partial charge in [0.1, 0.15) is 5.75 Å². The number of amides is 1. The number of aliphatic hydroxyl groups excluding tert-OH is 1. The Morgan fingerprint density at radius 3 is 2.73 bits per heavy atom. The second-order valence-electron chi connectivity index (χ2n) is 10.8. The molecule has 0 aromatic heterocycles. The number of rotatable bonds is 10. The lowest BCUT2D eigenvalue weighted by Gasteiger charge is -2.42. The maximum absolute atomic E-state index is 12.2. The summed E-state index contributed by atoms with van der Waals surface area (Å²) in [5.74, 6) is 1.86. The summed E-state index contributed by atoms with van der Waals surface area (Å²) in [4.78, 5) is 16.3. The number of benzene rings is 2. The molecule has 6 heteroatoms. The number of hydrogen-bond donors (Lipinski definition) is 1. The third-order valence-electron chi connectivity index (χ3n) is 8.05. The van der Waals surface area contributed by atoms with Crippen molar-refractivity contribution in [3.05, 3.63) is 70.8 Å². The average molecular weight is 525 g/mol. The van der Waals surface area contributed by atoms with Gasteiger partial charge in [0, 0.05) is 44.5 Å². The standard InChI is InChI=1S/C31H41ClN2O3/c1-5-7-22-17-25(32)11-13-26(22)24-19-34(18-23-10-12-27(23)29(35)6-2)28-16-21(8-14-30(28)37-20-24)9-15-31(36)33(3)4/h6,8,11,13-14,16-17,23-24,27,29,35H,2,5,7,9-10,12,15,18-20H2,1,3-4H3. The zero-order chi connectivity index (χ0) is 26.5. The lowest BCUT2D eigenvalue weighted by Crippen LogP contribution is -2.43. The van der Waals surface area contributed by atoms with Gasteiger partial charge in [0.15, 0.2) is 0 Å². The van der Waals surface area contributed by atoms with Crippen LogP contribution < -0.4 is 9.64 Å². The number of hydrogen-bond acceptors (Lipinski definition) is 4. The van der Waals surface area contributed by atoms with Gasteiger partial charge in [0.05, 0.1) is 18.4 Å². The summed E-state index contributed by atoms with van der Waals surface area (Å²) in [7, 11) is 3.59. The van der Waals surface area contributed by atoms with E-state index in [1.54, 1.807) is 25.1 Å². The van der Waals surface area contributed by atoms with E-state index in [-0.39, 0.29) is 17.7 Å². The van der Waals surface area contributed by atoms with Crippen LogP contribution in [0.4, 0.5) is 5.69 Å². The normalized spacial score (nSPS) is 21.8. The number of aryl methyl sites for hydroxylation is 2. The third kappa shape index (κ3) is 6.50. The summed E-state index contributed by atoms with van der Waals surface area (Å²) in [5, 5.41) is 11.3. The first-order valence-corrected chi connectivity index (χ1v) is 14.0. The number of halogens is 1. The van der Waals surface area contributed by atoms with Crippen molar-refractivity contribution in [2.75, 3.05) is 38.7 Å². The first-order valence-electron chi connectivity index (χ1n) is 13.6. The number of fused-ring (bicyclic) bond motifs is 1. The minimum Gasteiger partial charge on any atom is -0.491 e. The van der Waals surface area contributed by atoms with Gasteiger partial charge in [-0.05, 0) is 78.5 Å². The Hall–Kier alpha value is -2.50. The lowest BCUT2D eigenvalue weighted by atomic mass is 9.70. The molecule has 1 N–H and O–H groups in total. The molecule has 4 atom stereocenters. The fourth-order valence-corrected chi connectivity index (χ4v) is 5.91. The average Bonchev–Trinajstić information content (AvgIpc) is 3.04. The Labute approximate surface area is 227 Å². The van der Waals surface area contributed by atoms with E-state index in [9.17, 15) is 9.90 Å². The molecule has 1 amide bonds. The molecule has 1 aliphatic carbocycles. The Morgan fingerprint density at radius 1 is 1.24 bits per heavy atom. The molecule has 2 aliphatic rings. The van der Waals surface area contributed by atoms with Crippen molar-refractivity contribution in [1.82, 2.24) is 4.90 Å². The van der Waals surface area contributed by atoms with Crippen molar-refractivity contribution in [2.45, 2.75) is 57.5 Å². The summed E-state index contributed by atoms with van der Waals surface area (Å²) in [6.45, 7) is 8.30. The first-order chi connectivity index (χ1) is 17.8. The van der Waals surface area contributed by atoms with Crippen LogP contribution in [0.25, 0.3) is 0 Å². The molecule has 200 valence electrons. The van der Waals surface area contributed by atoms with Crippen molar-refractivity contribution >= 4 is 23.2 Å². The van der Waals surface area contributed by atoms with Gasteiger partial charge < -0.3 is 19.6 Å². The van der Waals surface area contributed by atoms with Gasteiger partial charge >= 0.3 is 0 Å². The Balaban J connectivity index is 1.64. The van der Waals surface area contributed by atoms with E-state index in [0.717, 1.165) is 60.8 Å². The van der Waals surface area contributed by atoms with Crippen LogP contribution in [0, 0.1) is 11.8 Å². The molecule has 1 aliphatic heterocycles. The van der Waals surface area contributed by atoms with Crippen molar-refractivity contribution in [3.8, 4) is 5.75 Å². The van der Waals surface area contributed by atoms with Gasteiger partial charge in [-0.2, -0.15) is 0 Å². The molecule has 4 unspecified atom stereocenters. The molecule has 1 saturated carbocycles. The SMILES string of the molecule is C=CC(O)C1CCC1CN1CC(c2ccc(Cl)cc2CCC)COc2ccc(CCC(=O)N(C)C)cc21. The monoisotopic (exact) mass is 524 g/mol.